The van der Waals surface area contributed by atoms with Crippen LogP contribution in [0.2, 0.25) is 0 Å². The highest BCUT2D eigenvalue weighted by Gasteiger charge is 2.70. The van der Waals surface area contributed by atoms with E-state index in [-0.39, 0.29) is 16.7 Å². The monoisotopic (exact) mass is 198 g/mol. The van der Waals surface area contributed by atoms with Gasteiger partial charge in [-0.15, -0.1) is 0 Å². The predicted molar refractivity (Wildman–Crippen MR) is 51.9 cm³/mol. The highest BCUT2D eigenvalue weighted by molar-refractivity contribution is 5.75. The fourth-order valence-corrected chi connectivity index (χ4v) is 3.21. The van der Waals surface area contributed by atoms with E-state index >= 15 is 0 Å². The van der Waals surface area contributed by atoms with E-state index in [1.807, 2.05) is 0 Å². The van der Waals surface area contributed by atoms with Gasteiger partial charge in [-0.3, -0.25) is 4.79 Å². The number of hydrogen-bond acceptors (Lipinski definition) is 2. The molecule has 3 nitrogen and oxygen atoms in total. The Morgan fingerprint density at radius 3 is 2.29 bits per heavy atom. The van der Waals surface area contributed by atoms with Crippen LogP contribution in [0.15, 0.2) is 0 Å². The number of aliphatic carboxylic acids is 1. The zero-order valence-electron chi connectivity index (χ0n) is 9.04. The van der Waals surface area contributed by atoms with Crippen molar-refractivity contribution >= 4 is 5.97 Å². The number of carbonyl (C=O) groups is 1. The number of rotatable bonds is 3. The molecule has 1 saturated carbocycles. The van der Waals surface area contributed by atoms with Crippen LogP contribution in [0.1, 0.15) is 27.2 Å². The normalized spacial score (nSPS) is 37.4. The first-order valence-electron chi connectivity index (χ1n) is 5.26. The summed E-state index contributed by atoms with van der Waals surface area (Å²) in [4.78, 5) is 11.0. The van der Waals surface area contributed by atoms with E-state index in [1.54, 1.807) is 0 Å². The van der Waals surface area contributed by atoms with E-state index in [0.29, 0.717) is 5.92 Å². The van der Waals surface area contributed by atoms with Gasteiger partial charge in [-0.05, 0) is 17.8 Å². The topological polar surface area (TPSA) is 46.5 Å². The van der Waals surface area contributed by atoms with E-state index in [9.17, 15) is 4.79 Å². The number of carboxylic acid groups (broad SMARTS) is 1. The van der Waals surface area contributed by atoms with Gasteiger partial charge in [0.15, 0.2) is 0 Å². The van der Waals surface area contributed by atoms with Gasteiger partial charge in [0.05, 0.1) is 19.1 Å². The van der Waals surface area contributed by atoms with Gasteiger partial charge in [0.25, 0.3) is 0 Å². The van der Waals surface area contributed by atoms with Crippen molar-refractivity contribution in [2.45, 2.75) is 27.2 Å². The Morgan fingerprint density at radius 2 is 2.07 bits per heavy atom. The first kappa shape index (κ1) is 9.97. The molecule has 14 heavy (non-hydrogen) atoms. The molecule has 2 rings (SSSR count). The third kappa shape index (κ3) is 1.05. The molecule has 80 valence electrons. The largest absolute Gasteiger partial charge is 0.481 e. The molecule has 3 heteroatoms. The average molecular weight is 198 g/mol. The highest BCUT2D eigenvalue weighted by Crippen LogP contribution is 2.68. The summed E-state index contributed by atoms with van der Waals surface area (Å²) in [5.41, 5.74) is 0.123. The maximum Gasteiger partial charge on any atom is 0.307 e. The molecular formula is C11H18O3. The molecule has 1 aliphatic heterocycles. The molecule has 2 unspecified atom stereocenters. The van der Waals surface area contributed by atoms with Gasteiger partial charge in [0.1, 0.15) is 0 Å². The lowest BCUT2D eigenvalue weighted by molar-refractivity contribution is -0.147. The van der Waals surface area contributed by atoms with Crippen LogP contribution in [0, 0.1) is 22.7 Å². The van der Waals surface area contributed by atoms with Gasteiger partial charge < -0.3 is 9.84 Å². The second kappa shape index (κ2) is 2.72. The number of hydrogen-bond donors (Lipinski definition) is 1. The third-order valence-corrected chi connectivity index (χ3v) is 4.24. The number of carboxylic acids is 1. The quantitative estimate of drug-likeness (QED) is 0.751. The molecule has 0 spiro atoms. The zero-order valence-corrected chi connectivity index (χ0v) is 9.04. The highest BCUT2D eigenvalue weighted by atomic mass is 16.5. The van der Waals surface area contributed by atoms with Crippen LogP contribution in [-0.4, -0.2) is 24.3 Å². The molecule has 0 radical (unpaired) electrons. The molecule has 1 saturated heterocycles. The molecule has 1 heterocycles. The van der Waals surface area contributed by atoms with Crippen LogP contribution in [0.25, 0.3) is 0 Å². The van der Waals surface area contributed by atoms with Crippen LogP contribution < -0.4 is 0 Å². The Hall–Kier alpha value is -0.570. The van der Waals surface area contributed by atoms with Crippen molar-refractivity contribution in [2.75, 3.05) is 13.2 Å². The fourth-order valence-electron chi connectivity index (χ4n) is 3.21. The summed E-state index contributed by atoms with van der Waals surface area (Å²) in [6.45, 7) is 7.76. The minimum atomic E-state index is -0.639. The second-order valence-corrected chi connectivity index (χ2v) is 5.32. The van der Waals surface area contributed by atoms with Gasteiger partial charge >= 0.3 is 5.97 Å². The van der Waals surface area contributed by atoms with Crippen molar-refractivity contribution in [3.63, 3.8) is 0 Å². The molecule has 2 atom stereocenters. The van der Waals surface area contributed by atoms with Crippen LogP contribution in [0.3, 0.4) is 0 Å². The van der Waals surface area contributed by atoms with Crippen LogP contribution >= 0.6 is 0 Å². The molecule has 0 bridgehead atoms. The Bertz CT molecular complexity index is 260. The summed E-state index contributed by atoms with van der Waals surface area (Å²) >= 11 is 0. The standard InChI is InChI=1S/C11H18O3/c1-4-11(5-14-6-11)8-7(9(12)13)10(8,2)3/h7-8H,4-6H2,1-3H3,(H,12,13). The molecule has 1 N–H and O–H groups in total. The van der Waals surface area contributed by atoms with Crippen molar-refractivity contribution in [1.82, 2.24) is 0 Å². The molecule has 2 fully saturated rings. The lowest BCUT2D eigenvalue weighted by Crippen LogP contribution is -2.45. The van der Waals surface area contributed by atoms with Crippen molar-refractivity contribution in [3.05, 3.63) is 0 Å². The van der Waals surface area contributed by atoms with Gasteiger partial charge in [0.2, 0.25) is 0 Å². The minimum Gasteiger partial charge on any atom is -0.481 e. The lowest BCUT2D eigenvalue weighted by atomic mass is 9.75. The smallest absolute Gasteiger partial charge is 0.307 e. The first-order valence-corrected chi connectivity index (χ1v) is 5.26. The lowest BCUT2D eigenvalue weighted by Gasteiger charge is -2.42. The maximum atomic E-state index is 11.0. The summed E-state index contributed by atoms with van der Waals surface area (Å²) in [6, 6.07) is 0. The summed E-state index contributed by atoms with van der Waals surface area (Å²) in [5.74, 6) is -0.489. The van der Waals surface area contributed by atoms with E-state index in [4.69, 9.17) is 9.84 Å². The molecule has 1 aliphatic carbocycles. The molecule has 0 aromatic carbocycles. The first-order chi connectivity index (χ1) is 6.46. The Labute approximate surface area is 84.4 Å². The summed E-state index contributed by atoms with van der Waals surface area (Å²) in [7, 11) is 0. The van der Waals surface area contributed by atoms with Gasteiger partial charge in [0, 0.05) is 5.41 Å². The second-order valence-electron chi connectivity index (χ2n) is 5.32. The maximum absolute atomic E-state index is 11.0. The fraction of sp³-hybridized carbons (Fsp3) is 0.909. The van der Waals surface area contributed by atoms with E-state index in [1.165, 1.54) is 0 Å². The predicted octanol–water partition coefficient (Wildman–Crippen LogP) is 1.77. The summed E-state index contributed by atoms with van der Waals surface area (Å²) in [6.07, 6.45) is 1.03. The Kier molecular flexibility index (Phi) is 1.94. The Morgan fingerprint density at radius 1 is 1.50 bits per heavy atom. The zero-order chi connectivity index (χ0) is 10.6. The van der Waals surface area contributed by atoms with E-state index in [2.05, 4.69) is 20.8 Å². The average Bonchev–Trinajstić information content (AvgIpc) is 2.54. The number of ether oxygens (including phenoxy) is 1. The van der Waals surface area contributed by atoms with E-state index < -0.39 is 5.97 Å². The van der Waals surface area contributed by atoms with Crippen molar-refractivity contribution < 1.29 is 14.6 Å². The van der Waals surface area contributed by atoms with Gasteiger partial charge in [-0.1, -0.05) is 20.8 Å². The van der Waals surface area contributed by atoms with Crippen LogP contribution in [0.5, 0.6) is 0 Å². The van der Waals surface area contributed by atoms with Gasteiger partial charge in [-0.25, -0.2) is 0 Å². The third-order valence-electron chi connectivity index (χ3n) is 4.24. The Balaban J connectivity index is 2.17. The molecule has 2 aliphatic rings. The van der Waals surface area contributed by atoms with Crippen molar-refractivity contribution in [3.8, 4) is 0 Å². The van der Waals surface area contributed by atoms with Crippen LogP contribution in [0.4, 0.5) is 0 Å². The van der Waals surface area contributed by atoms with Crippen molar-refractivity contribution in [1.29, 1.82) is 0 Å². The van der Waals surface area contributed by atoms with Crippen LogP contribution in [-0.2, 0) is 9.53 Å². The SMILES string of the molecule is CCC1(C2C(C(=O)O)C2(C)C)COC1. The van der Waals surface area contributed by atoms with Gasteiger partial charge in [-0.2, -0.15) is 0 Å². The molecule has 0 aromatic heterocycles. The van der Waals surface area contributed by atoms with E-state index in [0.717, 1.165) is 19.6 Å². The molecule has 0 aromatic rings. The van der Waals surface area contributed by atoms with Crippen molar-refractivity contribution in [2.24, 2.45) is 22.7 Å². The molecular weight excluding hydrogens is 180 g/mol. The summed E-state index contributed by atoms with van der Waals surface area (Å²) < 4.78 is 5.26. The summed E-state index contributed by atoms with van der Waals surface area (Å²) in [5, 5.41) is 9.10. The minimum absolute atomic E-state index is 0.0361. The molecule has 0 amide bonds.